The van der Waals surface area contributed by atoms with Crippen LogP contribution in [0.2, 0.25) is 0 Å². The number of anilines is 1. The number of unbranched alkanes of at least 4 members (excludes halogenated alkanes) is 1. The molecule has 1 aliphatic heterocycles. The monoisotopic (exact) mass is 271 g/mol. The van der Waals surface area contributed by atoms with Gasteiger partial charge in [0.05, 0.1) is 29.6 Å². The first kappa shape index (κ1) is 13.2. The lowest BCUT2D eigenvalue weighted by Gasteiger charge is -2.27. The molecule has 0 N–H and O–H groups in total. The molecule has 1 aliphatic rings. The Morgan fingerprint density at radius 1 is 1.50 bits per heavy atom. The average Bonchev–Trinajstić information content (AvgIpc) is 2.81. The fourth-order valence-electron chi connectivity index (χ4n) is 2.04. The van der Waals surface area contributed by atoms with Crippen LogP contribution in [0.4, 0.5) is 11.5 Å². The SMILES string of the molecule is CCCCc1snc([N+](=O)[O-])c1N1CCOCC1. The highest BCUT2D eigenvalue weighted by molar-refractivity contribution is 7.06. The smallest absolute Gasteiger partial charge is 0.378 e. The summed E-state index contributed by atoms with van der Waals surface area (Å²) in [4.78, 5) is 13.7. The normalized spacial score (nSPS) is 15.9. The zero-order chi connectivity index (χ0) is 13.0. The molecule has 0 unspecified atom stereocenters. The molecule has 0 spiro atoms. The minimum absolute atomic E-state index is 0.00741. The molecule has 7 heteroatoms. The predicted octanol–water partition coefficient (Wildman–Crippen LogP) is 2.23. The van der Waals surface area contributed by atoms with Crippen LogP contribution in [0.3, 0.4) is 0 Å². The highest BCUT2D eigenvalue weighted by Crippen LogP contribution is 2.36. The van der Waals surface area contributed by atoms with Crippen LogP contribution in [0.1, 0.15) is 24.6 Å². The minimum Gasteiger partial charge on any atom is -0.378 e. The van der Waals surface area contributed by atoms with Crippen molar-refractivity contribution in [3.8, 4) is 0 Å². The summed E-state index contributed by atoms with van der Waals surface area (Å²) in [6.07, 6.45) is 2.99. The molecular formula is C11H17N3O3S. The molecule has 100 valence electrons. The number of morpholine rings is 1. The highest BCUT2D eigenvalue weighted by atomic mass is 32.1. The van der Waals surface area contributed by atoms with Crippen molar-refractivity contribution >= 4 is 23.0 Å². The molecule has 1 saturated heterocycles. The van der Waals surface area contributed by atoms with E-state index in [4.69, 9.17) is 4.74 Å². The zero-order valence-corrected chi connectivity index (χ0v) is 11.2. The Bertz CT molecular complexity index is 416. The van der Waals surface area contributed by atoms with Crippen LogP contribution in [0.15, 0.2) is 0 Å². The van der Waals surface area contributed by atoms with Crippen LogP contribution < -0.4 is 4.90 Å². The maximum atomic E-state index is 11.0. The molecule has 2 rings (SSSR count). The van der Waals surface area contributed by atoms with Gasteiger partial charge in [0.25, 0.3) is 0 Å². The van der Waals surface area contributed by atoms with E-state index >= 15 is 0 Å². The molecule has 0 saturated carbocycles. The summed E-state index contributed by atoms with van der Waals surface area (Å²) in [5.41, 5.74) is 0.724. The van der Waals surface area contributed by atoms with E-state index in [1.54, 1.807) is 0 Å². The zero-order valence-electron chi connectivity index (χ0n) is 10.4. The third kappa shape index (κ3) is 2.78. The number of nitrogens with zero attached hydrogens (tertiary/aromatic N) is 3. The summed E-state index contributed by atoms with van der Waals surface area (Å²) in [7, 11) is 0. The van der Waals surface area contributed by atoms with E-state index in [2.05, 4.69) is 11.3 Å². The summed E-state index contributed by atoms with van der Waals surface area (Å²) >= 11 is 1.26. The van der Waals surface area contributed by atoms with Crippen molar-refractivity contribution in [3.05, 3.63) is 15.0 Å². The van der Waals surface area contributed by atoms with E-state index < -0.39 is 0 Å². The molecule has 0 atom stereocenters. The Labute approximate surface area is 110 Å². The summed E-state index contributed by atoms with van der Waals surface area (Å²) in [6.45, 7) is 4.78. The van der Waals surface area contributed by atoms with Crippen LogP contribution in [0.25, 0.3) is 0 Å². The minimum atomic E-state index is -0.378. The number of aromatic nitrogens is 1. The second-order valence-corrected chi connectivity index (χ2v) is 5.10. The van der Waals surface area contributed by atoms with Gasteiger partial charge < -0.3 is 19.8 Å². The number of rotatable bonds is 5. The lowest BCUT2D eigenvalue weighted by Crippen LogP contribution is -2.36. The molecule has 1 aromatic heterocycles. The average molecular weight is 271 g/mol. The van der Waals surface area contributed by atoms with Gasteiger partial charge in [-0.2, -0.15) is 0 Å². The Hall–Kier alpha value is -1.21. The van der Waals surface area contributed by atoms with E-state index in [-0.39, 0.29) is 10.7 Å². The van der Waals surface area contributed by atoms with Gasteiger partial charge >= 0.3 is 5.82 Å². The Kier molecular flexibility index (Phi) is 4.48. The lowest BCUT2D eigenvalue weighted by molar-refractivity contribution is -0.388. The second-order valence-electron chi connectivity index (χ2n) is 4.24. The van der Waals surface area contributed by atoms with Crippen LogP contribution in [0, 0.1) is 10.1 Å². The van der Waals surface area contributed by atoms with Crippen molar-refractivity contribution in [2.45, 2.75) is 26.2 Å². The Morgan fingerprint density at radius 2 is 2.22 bits per heavy atom. The first-order valence-electron chi connectivity index (χ1n) is 6.19. The van der Waals surface area contributed by atoms with Gasteiger partial charge in [0.2, 0.25) is 0 Å². The van der Waals surface area contributed by atoms with Crippen molar-refractivity contribution in [2.24, 2.45) is 0 Å². The lowest BCUT2D eigenvalue weighted by atomic mass is 10.2. The number of hydrogen-bond acceptors (Lipinski definition) is 6. The van der Waals surface area contributed by atoms with Gasteiger partial charge in [-0.05, 0) is 17.8 Å². The molecule has 0 radical (unpaired) electrons. The van der Waals surface area contributed by atoms with Crippen LogP contribution in [-0.2, 0) is 11.2 Å². The number of aryl methyl sites for hydroxylation is 1. The molecule has 0 bridgehead atoms. The standard InChI is InChI=1S/C11H17N3O3S/c1-2-3-4-9-10(11(12-18-9)14(15)16)13-5-7-17-8-6-13/h2-8H2,1H3. The van der Waals surface area contributed by atoms with E-state index in [0.717, 1.165) is 29.8 Å². The van der Waals surface area contributed by atoms with E-state index in [1.807, 2.05) is 4.90 Å². The quantitative estimate of drug-likeness (QED) is 0.606. The molecule has 6 nitrogen and oxygen atoms in total. The molecule has 2 heterocycles. The van der Waals surface area contributed by atoms with Crippen LogP contribution in [0.5, 0.6) is 0 Å². The van der Waals surface area contributed by atoms with Gasteiger partial charge in [-0.1, -0.05) is 13.3 Å². The molecular weight excluding hydrogens is 254 g/mol. The van der Waals surface area contributed by atoms with Crippen molar-refractivity contribution in [3.63, 3.8) is 0 Å². The summed E-state index contributed by atoms with van der Waals surface area (Å²) in [5, 5.41) is 11.0. The van der Waals surface area contributed by atoms with Gasteiger partial charge in [0.1, 0.15) is 0 Å². The van der Waals surface area contributed by atoms with Crippen LogP contribution in [-0.4, -0.2) is 35.6 Å². The number of ether oxygens (including phenoxy) is 1. The Balaban J connectivity index is 2.26. The maximum Gasteiger partial charge on any atom is 0.402 e. The molecule has 1 fully saturated rings. The van der Waals surface area contributed by atoms with E-state index in [0.29, 0.717) is 26.3 Å². The van der Waals surface area contributed by atoms with Crippen molar-refractivity contribution < 1.29 is 9.66 Å². The summed E-state index contributed by atoms with van der Waals surface area (Å²) in [5.74, 6) is 0.00741. The van der Waals surface area contributed by atoms with Gasteiger partial charge in [-0.15, -0.1) is 0 Å². The second kappa shape index (κ2) is 6.10. The third-order valence-electron chi connectivity index (χ3n) is 2.98. The highest BCUT2D eigenvalue weighted by Gasteiger charge is 2.29. The van der Waals surface area contributed by atoms with E-state index in [1.165, 1.54) is 11.5 Å². The van der Waals surface area contributed by atoms with Crippen LogP contribution >= 0.6 is 11.5 Å². The topological polar surface area (TPSA) is 68.5 Å². The largest absolute Gasteiger partial charge is 0.402 e. The van der Waals surface area contributed by atoms with Crippen molar-refractivity contribution in [2.75, 3.05) is 31.2 Å². The Morgan fingerprint density at radius 3 is 2.83 bits per heavy atom. The molecule has 0 amide bonds. The summed E-state index contributed by atoms with van der Waals surface area (Å²) in [6, 6.07) is 0. The van der Waals surface area contributed by atoms with Gasteiger partial charge in [0.15, 0.2) is 5.69 Å². The van der Waals surface area contributed by atoms with Gasteiger partial charge in [-0.25, -0.2) is 0 Å². The fraction of sp³-hybridized carbons (Fsp3) is 0.727. The first-order chi connectivity index (χ1) is 8.74. The van der Waals surface area contributed by atoms with Crippen molar-refractivity contribution in [1.82, 2.24) is 4.37 Å². The summed E-state index contributed by atoms with van der Waals surface area (Å²) < 4.78 is 9.29. The molecule has 18 heavy (non-hydrogen) atoms. The van der Waals surface area contributed by atoms with E-state index in [9.17, 15) is 10.1 Å². The van der Waals surface area contributed by atoms with Crippen molar-refractivity contribution in [1.29, 1.82) is 0 Å². The third-order valence-corrected chi connectivity index (χ3v) is 3.86. The number of nitro groups is 1. The van der Waals surface area contributed by atoms with Gasteiger partial charge in [-0.3, -0.25) is 0 Å². The maximum absolute atomic E-state index is 11.0. The molecule has 0 aliphatic carbocycles. The molecule has 1 aromatic rings. The fourth-order valence-corrected chi connectivity index (χ4v) is 2.93. The number of hydrogen-bond donors (Lipinski definition) is 0. The van der Waals surface area contributed by atoms with Gasteiger partial charge in [0, 0.05) is 17.5 Å². The molecule has 0 aromatic carbocycles. The first-order valence-corrected chi connectivity index (χ1v) is 6.97. The predicted molar refractivity (Wildman–Crippen MR) is 70.4 cm³/mol.